The number of carbonyl (C=O) groups excluding carboxylic acids is 2. The lowest BCUT2D eigenvalue weighted by atomic mass is 10.1. The van der Waals surface area contributed by atoms with Gasteiger partial charge in [0, 0.05) is 17.7 Å². The third-order valence-electron chi connectivity index (χ3n) is 2.53. The lowest BCUT2D eigenvalue weighted by molar-refractivity contribution is -0.384. The van der Waals surface area contributed by atoms with Crippen LogP contribution in [0.5, 0.6) is 11.5 Å². The first kappa shape index (κ1) is 13.4. The summed E-state index contributed by atoms with van der Waals surface area (Å²) in [5.74, 6) is 0.290. The smallest absolute Gasteiger partial charge is 0.269 e. The highest BCUT2D eigenvalue weighted by molar-refractivity contribution is 6.33. The van der Waals surface area contributed by atoms with E-state index >= 15 is 0 Å². The maximum atomic E-state index is 11.1. The van der Waals surface area contributed by atoms with Crippen molar-refractivity contribution in [2.45, 2.75) is 0 Å². The van der Waals surface area contributed by atoms with Crippen molar-refractivity contribution in [2.75, 3.05) is 0 Å². The number of benzene rings is 2. The molecule has 2 aromatic carbocycles. The van der Waals surface area contributed by atoms with Crippen molar-refractivity contribution in [3.63, 3.8) is 0 Å². The molecule has 6 heteroatoms. The monoisotopic (exact) mass is 271 g/mol. The standard InChI is InChI=1S/C14H9NO5/c16-9-14(17)10-1-5-12(6-2-10)20-13-7-3-11(4-8-13)15(18)19/h1-9H. The minimum Gasteiger partial charge on any atom is -0.457 e. The van der Waals surface area contributed by atoms with E-state index < -0.39 is 10.7 Å². The zero-order valence-electron chi connectivity index (χ0n) is 10.2. The van der Waals surface area contributed by atoms with E-state index in [9.17, 15) is 19.7 Å². The van der Waals surface area contributed by atoms with Gasteiger partial charge in [-0.1, -0.05) is 0 Å². The molecule has 0 fully saturated rings. The highest BCUT2D eigenvalue weighted by Gasteiger charge is 2.06. The summed E-state index contributed by atoms with van der Waals surface area (Å²) in [6, 6.07) is 11.6. The van der Waals surface area contributed by atoms with Crippen LogP contribution in [0.1, 0.15) is 10.4 Å². The van der Waals surface area contributed by atoms with Crippen molar-refractivity contribution in [2.24, 2.45) is 0 Å². The van der Waals surface area contributed by atoms with E-state index in [0.717, 1.165) is 0 Å². The molecule has 0 aliphatic heterocycles. The van der Waals surface area contributed by atoms with E-state index in [1.165, 1.54) is 48.5 Å². The Hall–Kier alpha value is -3.02. The molecule has 0 aliphatic rings. The van der Waals surface area contributed by atoms with Crippen molar-refractivity contribution >= 4 is 17.8 Å². The number of ketones is 1. The van der Waals surface area contributed by atoms with Crippen molar-refractivity contribution in [1.29, 1.82) is 0 Å². The molecule has 6 nitrogen and oxygen atoms in total. The van der Waals surface area contributed by atoms with Crippen molar-refractivity contribution < 1.29 is 19.2 Å². The molecule has 0 bridgehead atoms. The van der Waals surface area contributed by atoms with Gasteiger partial charge in [-0.2, -0.15) is 0 Å². The Morgan fingerprint density at radius 1 is 1.00 bits per heavy atom. The average Bonchev–Trinajstić information content (AvgIpc) is 2.48. The second-order valence-electron chi connectivity index (χ2n) is 3.86. The van der Waals surface area contributed by atoms with E-state index in [0.29, 0.717) is 11.5 Å². The number of ether oxygens (including phenoxy) is 1. The fourth-order valence-corrected chi connectivity index (χ4v) is 1.53. The third-order valence-corrected chi connectivity index (χ3v) is 2.53. The Labute approximate surface area is 113 Å². The zero-order chi connectivity index (χ0) is 14.5. The number of aldehydes is 1. The van der Waals surface area contributed by atoms with Crippen LogP contribution in [-0.4, -0.2) is 17.0 Å². The van der Waals surface area contributed by atoms with E-state index in [1.54, 1.807) is 0 Å². The maximum Gasteiger partial charge on any atom is 0.269 e. The van der Waals surface area contributed by atoms with Crippen LogP contribution in [0, 0.1) is 10.1 Å². The fraction of sp³-hybridized carbons (Fsp3) is 0. The first-order valence-corrected chi connectivity index (χ1v) is 5.62. The number of carbonyl (C=O) groups is 2. The normalized spacial score (nSPS) is 9.80. The third kappa shape index (κ3) is 3.05. The predicted molar refractivity (Wildman–Crippen MR) is 70.0 cm³/mol. The summed E-state index contributed by atoms with van der Waals surface area (Å²) >= 11 is 0. The van der Waals surface area contributed by atoms with E-state index in [4.69, 9.17) is 4.74 Å². The van der Waals surface area contributed by atoms with Gasteiger partial charge in [0.2, 0.25) is 5.78 Å². The molecule has 0 N–H and O–H groups in total. The van der Waals surface area contributed by atoms with Crippen LogP contribution in [-0.2, 0) is 4.79 Å². The van der Waals surface area contributed by atoms with Gasteiger partial charge in [-0.05, 0) is 36.4 Å². The molecule has 0 saturated carbocycles. The highest BCUT2D eigenvalue weighted by Crippen LogP contribution is 2.24. The summed E-state index contributed by atoms with van der Waals surface area (Å²) in [6.07, 6.45) is 0.242. The summed E-state index contributed by atoms with van der Waals surface area (Å²) in [5.41, 5.74) is 0.250. The van der Waals surface area contributed by atoms with Gasteiger partial charge in [-0.25, -0.2) is 0 Å². The molecule has 0 atom stereocenters. The minimum atomic E-state index is -0.605. The summed E-state index contributed by atoms with van der Waals surface area (Å²) in [7, 11) is 0. The molecule has 0 saturated heterocycles. The number of nitrogens with zero attached hydrogens (tertiary/aromatic N) is 1. The van der Waals surface area contributed by atoms with Crippen LogP contribution in [0.25, 0.3) is 0 Å². The van der Waals surface area contributed by atoms with Crippen LogP contribution >= 0.6 is 0 Å². The lowest BCUT2D eigenvalue weighted by Gasteiger charge is -2.05. The molecule has 0 amide bonds. The number of hydrogen-bond acceptors (Lipinski definition) is 5. The van der Waals surface area contributed by atoms with Gasteiger partial charge in [0.05, 0.1) is 4.92 Å². The van der Waals surface area contributed by atoms with Crippen LogP contribution in [0.4, 0.5) is 5.69 Å². The molecule has 0 radical (unpaired) electrons. The van der Waals surface area contributed by atoms with Gasteiger partial charge >= 0.3 is 0 Å². The molecule has 2 aromatic rings. The van der Waals surface area contributed by atoms with E-state index in [-0.39, 0.29) is 17.5 Å². The second kappa shape index (κ2) is 5.75. The topological polar surface area (TPSA) is 86.5 Å². The molecular formula is C14H9NO5. The van der Waals surface area contributed by atoms with Crippen molar-refractivity contribution in [1.82, 2.24) is 0 Å². The number of nitro benzene ring substituents is 1. The maximum absolute atomic E-state index is 11.1. The quantitative estimate of drug-likeness (QED) is 0.274. The second-order valence-corrected chi connectivity index (χ2v) is 3.86. The lowest BCUT2D eigenvalue weighted by Crippen LogP contribution is -1.98. The summed E-state index contributed by atoms with van der Waals surface area (Å²) < 4.78 is 5.46. The first-order valence-electron chi connectivity index (χ1n) is 5.62. The van der Waals surface area contributed by atoms with Gasteiger partial charge in [0.1, 0.15) is 11.5 Å². The van der Waals surface area contributed by atoms with Gasteiger partial charge in [-0.3, -0.25) is 19.7 Å². The molecule has 20 heavy (non-hydrogen) atoms. The van der Waals surface area contributed by atoms with Gasteiger partial charge in [0.15, 0.2) is 6.29 Å². The Morgan fingerprint density at radius 2 is 1.50 bits per heavy atom. The average molecular weight is 271 g/mol. The number of nitro groups is 1. The Bertz CT molecular complexity index is 646. The minimum absolute atomic E-state index is 0.0238. The van der Waals surface area contributed by atoms with Crippen LogP contribution in [0.2, 0.25) is 0 Å². The molecule has 0 spiro atoms. The molecule has 0 heterocycles. The highest BCUT2D eigenvalue weighted by atomic mass is 16.6. The number of non-ortho nitro benzene ring substituents is 1. The van der Waals surface area contributed by atoms with E-state index in [1.807, 2.05) is 0 Å². The molecule has 0 aromatic heterocycles. The van der Waals surface area contributed by atoms with Gasteiger partial charge in [-0.15, -0.1) is 0 Å². The SMILES string of the molecule is O=CC(=O)c1ccc(Oc2ccc([N+](=O)[O-])cc2)cc1. The summed E-state index contributed by atoms with van der Waals surface area (Å²) in [6.45, 7) is 0. The Morgan fingerprint density at radius 3 is 1.95 bits per heavy atom. The van der Waals surface area contributed by atoms with Crippen molar-refractivity contribution in [3.8, 4) is 11.5 Å². The first-order chi connectivity index (χ1) is 9.60. The predicted octanol–water partition coefficient (Wildman–Crippen LogP) is 2.77. The van der Waals surface area contributed by atoms with Crippen LogP contribution in [0.15, 0.2) is 48.5 Å². The fourth-order valence-electron chi connectivity index (χ4n) is 1.53. The molecule has 0 unspecified atom stereocenters. The van der Waals surface area contributed by atoms with Crippen LogP contribution < -0.4 is 4.74 Å². The van der Waals surface area contributed by atoms with Crippen molar-refractivity contribution in [3.05, 3.63) is 64.2 Å². The van der Waals surface area contributed by atoms with Gasteiger partial charge < -0.3 is 4.74 Å². The Balaban J connectivity index is 2.11. The van der Waals surface area contributed by atoms with Crippen LogP contribution in [0.3, 0.4) is 0 Å². The summed E-state index contributed by atoms with van der Waals surface area (Å²) in [4.78, 5) is 31.5. The largest absolute Gasteiger partial charge is 0.457 e. The van der Waals surface area contributed by atoms with Gasteiger partial charge in [0.25, 0.3) is 5.69 Å². The number of rotatable bonds is 5. The zero-order valence-corrected chi connectivity index (χ0v) is 10.2. The molecular weight excluding hydrogens is 262 g/mol. The van der Waals surface area contributed by atoms with E-state index in [2.05, 4.69) is 0 Å². The Kier molecular flexibility index (Phi) is 3.85. The molecule has 100 valence electrons. The molecule has 2 rings (SSSR count). The number of Topliss-reactive ketones (excluding diaryl/α,β-unsaturated/α-hetero) is 1. The summed E-state index contributed by atoms with van der Waals surface area (Å²) in [5, 5.41) is 10.5. The number of hydrogen-bond donors (Lipinski definition) is 0. The molecule has 0 aliphatic carbocycles.